The number of hydrogen-bond donors (Lipinski definition) is 1. The van der Waals surface area contributed by atoms with Crippen LogP contribution < -0.4 is 10.1 Å². The average Bonchev–Trinajstić information content (AvgIpc) is 2.46. The predicted molar refractivity (Wildman–Crippen MR) is 75.9 cm³/mol. The quantitative estimate of drug-likeness (QED) is 0.644. The maximum Gasteiger partial charge on any atom is 0.293 e. The van der Waals surface area contributed by atoms with Crippen molar-refractivity contribution in [3.05, 3.63) is 28.3 Å². The first kappa shape index (κ1) is 15.7. The minimum atomic E-state index is -3.92. The Hall–Kier alpha value is -1.71. The van der Waals surface area contributed by atoms with Crippen molar-refractivity contribution < 1.29 is 18.1 Å². The van der Waals surface area contributed by atoms with Gasteiger partial charge in [-0.25, -0.2) is 8.42 Å². The number of piperazine rings is 1. The van der Waals surface area contributed by atoms with Crippen molar-refractivity contribution in [1.29, 1.82) is 0 Å². The minimum Gasteiger partial charge on any atom is -0.497 e. The highest BCUT2D eigenvalue weighted by Gasteiger charge is 2.35. The van der Waals surface area contributed by atoms with E-state index in [1.54, 1.807) is 6.92 Å². The van der Waals surface area contributed by atoms with Crippen molar-refractivity contribution in [3.8, 4) is 5.75 Å². The second-order valence-electron chi connectivity index (χ2n) is 4.76. The summed E-state index contributed by atoms with van der Waals surface area (Å²) in [7, 11) is -2.55. The van der Waals surface area contributed by atoms with Crippen molar-refractivity contribution in [3.63, 3.8) is 0 Å². The lowest BCUT2D eigenvalue weighted by Gasteiger charge is -2.32. The van der Waals surface area contributed by atoms with Crippen LogP contribution in [0.1, 0.15) is 6.92 Å². The van der Waals surface area contributed by atoms with Crippen molar-refractivity contribution in [2.75, 3.05) is 26.7 Å². The zero-order valence-corrected chi connectivity index (χ0v) is 12.6. The van der Waals surface area contributed by atoms with Gasteiger partial charge in [0.25, 0.3) is 5.69 Å². The number of ether oxygens (including phenoxy) is 1. The molecule has 1 atom stereocenters. The number of benzene rings is 1. The molecule has 21 heavy (non-hydrogen) atoms. The average molecular weight is 315 g/mol. The van der Waals surface area contributed by atoms with E-state index in [4.69, 9.17) is 4.74 Å². The molecular weight excluding hydrogens is 298 g/mol. The van der Waals surface area contributed by atoms with Gasteiger partial charge in [-0.15, -0.1) is 0 Å². The molecule has 1 fully saturated rings. The fourth-order valence-electron chi connectivity index (χ4n) is 2.29. The van der Waals surface area contributed by atoms with Gasteiger partial charge in [0.2, 0.25) is 10.0 Å². The summed E-state index contributed by atoms with van der Waals surface area (Å²) in [6.45, 7) is 3.09. The molecule has 9 heteroatoms. The van der Waals surface area contributed by atoms with Crippen LogP contribution in [0.3, 0.4) is 0 Å². The number of nitro benzene ring substituents is 1. The molecular formula is C12H17N3O5S. The Bertz CT molecular complexity index is 646. The third kappa shape index (κ3) is 2.99. The van der Waals surface area contributed by atoms with E-state index in [9.17, 15) is 18.5 Å². The molecule has 0 bridgehead atoms. The van der Waals surface area contributed by atoms with Crippen LogP contribution in [0.5, 0.6) is 5.75 Å². The van der Waals surface area contributed by atoms with Crippen LogP contribution >= 0.6 is 0 Å². The number of hydrogen-bond acceptors (Lipinski definition) is 6. The normalized spacial score (nSPS) is 20.2. The van der Waals surface area contributed by atoms with Gasteiger partial charge in [0.05, 0.1) is 18.1 Å². The molecule has 1 N–H and O–H groups in total. The Morgan fingerprint density at radius 2 is 2.19 bits per heavy atom. The van der Waals surface area contributed by atoms with Gasteiger partial charge in [-0.2, -0.15) is 4.31 Å². The van der Waals surface area contributed by atoms with Crippen LogP contribution in [-0.4, -0.2) is 50.4 Å². The molecule has 0 amide bonds. The van der Waals surface area contributed by atoms with Gasteiger partial charge >= 0.3 is 0 Å². The summed E-state index contributed by atoms with van der Waals surface area (Å²) in [5.41, 5.74) is -0.472. The fraction of sp³-hybridized carbons (Fsp3) is 0.500. The molecule has 2 rings (SSSR count). The third-order valence-electron chi connectivity index (χ3n) is 3.39. The summed E-state index contributed by atoms with van der Waals surface area (Å²) in [4.78, 5) is 10.1. The van der Waals surface area contributed by atoms with Gasteiger partial charge in [0.15, 0.2) is 4.90 Å². The first-order valence-corrected chi connectivity index (χ1v) is 7.87. The summed E-state index contributed by atoms with van der Waals surface area (Å²) >= 11 is 0. The van der Waals surface area contributed by atoms with Crippen molar-refractivity contribution in [1.82, 2.24) is 9.62 Å². The summed E-state index contributed by atoms with van der Waals surface area (Å²) in [6.07, 6.45) is 0. The summed E-state index contributed by atoms with van der Waals surface area (Å²) in [5.74, 6) is 0.244. The summed E-state index contributed by atoms with van der Waals surface area (Å²) in [5, 5.41) is 14.2. The first-order chi connectivity index (χ1) is 9.87. The SMILES string of the molecule is COc1ccc(S(=O)(=O)N2CCNC[C@H]2C)c([N+](=O)[O-])c1. The minimum absolute atomic E-state index is 0.244. The Morgan fingerprint density at radius 3 is 2.76 bits per heavy atom. The Labute approximate surface area is 122 Å². The molecule has 0 saturated carbocycles. The van der Waals surface area contributed by atoms with E-state index < -0.39 is 20.6 Å². The highest BCUT2D eigenvalue weighted by atomic mass is 32.2. The zero-order valence-electron chi connectivity index (χ0n) is 11.8. The number of sulfonamides is 1. The lowest BCUT2D eigenvalue weighted by atomic mass is 10.3. The highest BCUT2D eigenvalue weighted by Crippen LogP contribution is 2.31. The molecule has 1 aliphatic rings. The molecule has 1 saturated heterocycles. The molecule has 1 aromatic carbocycles. The molecule has 0 radical (unpaired) electrons. The molecule has 0 aromatic heterocycles. The lowest BCUT2D eigenvalue weighted by molar-refractivity contribution is -0.387. The van der Waals surface area contributed by atoms with Gasteiger partial charge in [0.1, 0.15) is 5.75 Å². The molecule has 0 spiro atoms. The topological polar surface area (TPSA) is 102 Å². The van der Waals surface area contributed by atoms with Gasteiger partial charge in [-0.1, -0.05) is 0 Å². The first-order valence-electron chi connectivity index (χ1n) is 6.43. The van der Waals surface area contributed by atoms with E-state index in [0.29, 0.717) is 13.1 Å². The maximum atomic E-state index is 12.7. The Balaban J connectivity index is 2.51. The largest absolute Gasteiger partial charge is 0.497 e. The molecule has 1 aliphatic heterocycles. The van der Waals surface area contributed by atoms with Crippen molar-refractivity contribution in [2.24, 2.45) is 0 Å². The molecule has 0 unspecified atom stereocenters. The Morgan fingerprint density at radius 1 is 1.48 bits per heavy atom. The fourth-order valence-corrected chi connectivity index (χ4v) is 4.06. The van der Waals surface area contributed by atoms with Gasteiger partial charge in [-0.3, -0.25) is 10.1 Å². The van der Waals surface area contributed by atoms with E-state index in [2.05, 4.69) is 5.32 Å². The molecule has 8 nitrogen and oxygen atoms in total. The second-order valence-corrected chi connectivity index (χ2v) is 6.62. The molecule has 1 aromatic rings. The number of nitrogens with zero attached hydrogens (tertiary/aromatic N) is 2. The second kappa shape index (κ2) is 5.96. The van der Waals surface area contributed by atoms with Crippen LogP contribution in [0, 0.1) is 10.1 Å². The highest BCUT2D eigenvalue weighted by molar-refractivity contribution is 7.89. The van der Waals surface area contributed by atoms with Gasteiger partial charge < -0.3 is 10.1 Å². The van der Waals surface area contributed by atoms with Gasteiger partial charge in [-0.05, 0) is 19.1 Å². The van der Waals surface area contributed by atoms with Crippen LogP contribution in [0.25, 0.3) is 0 Å². The zero-order chi connectivity index (χ0) is 15.6. The standard InChI is InChI=1S/C12H17N3O5S/c1-9-8-13-5-6-14(9)21(18,19)12-4-3-10(20-2)7-11(12)15(16)17/h3-4,7,9,13H,5-6,8H2,1-2H3/t9-/m1/s1. The van der Waals surface area contributed by atoms with Crippen LogP contribution in [0.4, 0.5) is 5.69 Å². The van der Waals surface area contributed by atoms with E-state index in [1.807, 2.05) is 0 Å². The van der Waals surface area contributed by atoms with Crippen molar-refractivity contribution >= 4 is 15.7 Å². The third-order valence-corrected chi connectivity index (χ3v) is 5.45. The Kier molecular flexibility index (Phi) is 4.45. The van der Waals surface area contributed by atoms with E-state index in [-0.39, 0.29) is 23.2 Å². The monoisotopic (exact) mass is 315 g/mol. The van der Waals surface area contributed by atoms with Crippen molar-refractivity contribution in [2.45, 2.75) is 17.9 Å². The van der Waals surface area contributed by atoms with Crippen LogP contribution in [-0.2, 0) is 10.0 Å². The lowest BCUT2D eigenvalue weighted by Crippen LogP contribution is -2.52. The molecule has 1 heterocycles. The predicted octanol–water partition coefficient (Wildman–Crippen LogP) is 0.586. The number of nitro groups is 1. The summed E-state index contributed by atoms with van der Waals surface area (Å²) in [6, 6.07) is 3.50. The van der Waals surface area contributed by atoms with E-state index >= 15 is 0 Å². The van der Waals surface area contributed by atoms with E-state index in [1.165, 1.54) is 23.5 Å². The molecule has 116 valence electrons. The summed E-state index contributed by atoms with van der Waals surface area (Å²) < 4.78 is 31.6. The van der Waals surface area contributed by atoms with Crippen LogP contribution in [0.2, 0.25) is 0 Å². The van der Waals surface area contributed by atoms with E-state index in [0.717, 1.165) is 6.07 Å². The smallest absolute Gasteiger partial charge is 0.293 e. The maximum absolute atomic E-state index is 12.7. The van der Waals surface area contributed by atoms with Gasteiger partial charge in [0, 0.05) is 25.7 Å². The van der Waals surface area contributed by atoms with Crippen LogP contribution in [0.15, 0.2) is 23.1 Å². The number of methoxy groups -OCH3 is 1. The molecule has 0 aliphatic carbocycles. The number of rotatable bonds is 4. The number of nitrogens with one attached hydrogen (secondary N) is 1.